The van der Waals surface area contributed by atoms with E-state index in [0.29, 0.717) is 5.69 Å². The van der Waals surface area contributed by atoms with Gasteiger partial charge >= 0.3 is 0 Å². The molecule has 1 fully saturated rings. The van der Waals surface area contributed by atoms with Crippen LogP contribution >= 0.6 is 0 Å². The Morgan fingerprint density at radius 1 is 1.40 bits per heavy atom. The van der Waals surface area contributed by atoms with Gasteiger partial charge in [-0.15, -0.1) is 0 Å². The molecule has 6 nitrogen and oxygen atoms in total. The Labute approximate surface area is 118 Å². The van der Waals surface area contributed by atoms with Crippen LogP contribution < -0.4 is 15.8 Å². The van der Waals surface area contributed by atoms with E-state index in [1.54, 1.807) is 6.07 Å². The number of aryl methyl sites for hydroxylation is 1. The van der Waals surface area contributed by atoms with Crippen LogP contribution in [0.15, 0.2) is 23.1 Å². The predicted molar refractivity (Wildman–Crippen MR) is 76.6 cm³/mol. The van der Waals surface area contributed by atoms with E-state index in [9.17, 15) is 13.2 Å². The molecule has 0 radical (unpaired) electrons. The normalized spacial score (nSPS) is 15.1. The number of nitrogens with two attached hydrogens (primary N) is 1. The third-order valence-corrected chi connectivity index (χ3v) is 4.57. The molecule has 20 heavy (non-hydrogen) atoms. The number of rotatable bonds is 6. The Kier molecular flexibility index (Phi) is 4.29. The summed E-state index contributed by atoms with van der Waals surface area (Å²) in [7, 11) is -3.71. The van der Waals surface area contributed by atoms with Gasteiger partial charge in [-0.05, 0) is 37.0 Å². The van der Waals surface area contributed by atoms with Crippen molar-refractivity contribution in [3.8, 4) is 0 Å². The number of amides is 1. The molecule has 0 saturated heterocycles. The van der Waals surface area contributed by atoms with Gasteiger partial charge in [0.1, 0.15) is 0 Å². The van der Waals surface area contributed by atoms with E-state index in [1.165, 1.54) is 12.1 Å². The highest BCUT2D eigenvalue weighted by Crippen LogP contribution is 2.19. The average molecular weight is 297 g/mol. The number of hydrogen-bond acceptors (Lipinski definition) is 4. The fraction of sp³-hybridized carbons (Fsp3) is 0.462. The van der Waals surface area contributed by atoms with Gasteiger partial charge in [0, 0.05) is 11.7 Å². The summed E-state index contributed by atoms with van der Waals surface area (Å²) >= 11 is 0. The Hall–Kier alpha value is -1.60. The summed E-state index contributed by atoms with van der Waals surface area (Å²) in [5.41, 5.74) is 7.13. The fourth-order valence-electron chi connectivity index (χ4n) is 1.81. The zero-order chi connectivity index (χ0) is 14.8. The van der Waals surface area contributed by atoms with E-state index in [1.807, 2.05) is 6.92 Å². The molecule has 1 aliphatic rings. The first-order chi connectivity index (χ1) is 9.42. The number of sulfonamides is 1. The van der Waals surface area contributed by atoms with Crippen LogP contribution in [-0.4, -0.2) is 26.9 Å². The number of nitrogens with one attached hydrogen (secondary N) is 2. The summed E-state index contributed by atoms with van der Waals surface area (Å²) in [4.78, 5) is 11.6. The van der Waals surface area contributed by atoms with Crippen LogP contribution in [0.1, 0.15) is 25.3 Å². The van der Waals surface area contributed by atoms with Crippen LogP contribution in [-0.2, 0) is 21.2 Å². The van der Waals surface area contributed by atoms with Gasteiger partial charge in [-0.25, -0.2) is 13.1 Å². The molecule has 0 bridgehead atoms. The summed E-state index contributed by atoms with van der Waals surface area (Å²) in [6, 6.07) is 4.82. The number of carbonyl (C=O) groups is 1. The molecule has 7 heteroatoms. The van der Waals surface area contributed by atoms with Gasteiger partial charge in [-0.3, -0.25) is 4.79 Å². The SMILES string of the molecule is CCc1ccc(S(=O)(=O)NCC(=O)NC2CC2)cc1N. The van der Waals surface area contributed by atoms with Gasteiger partial charge in [-0.2, -0.15) is 0 Å². The van der Waals surface area contributed by atoms with Crippen LogP contribution in [0.3, 0.4) is 0 Å². The van der Waals surface area contributed by atoms with E-state index in [2.05, 4.69) is 10.0 Å². The molecule has 1 saturated carbocycles. The van der Waals surface area contributed by atoms with Crippen molar-refractivity contribution in [2.75, 3.05) is 12.3 Å². The predicted octanol–water partition coefficient (Wildman–Crippen LogP) is 0.388. The smallest absolute Gasteiger partial charge is 0.241 e. The lowest BCUT2D eigenvalue weighted by Crippen LogP contribution is -2.37. The molecule has 0 heterocycles. The van der Waals surface area contributed by atoms with Crippen LogP contribution in [0.5, 0.6) is 0 Å². The average Bonchev–Trinajstić information content (AvgIpc) is 3.20. The first-order valence-corrected chi connectivity index (χ1v) is 8.08. The number of benzene rings is 1. The molecule has 0 aliphatic heterocycles. The number of anilines is 1. The summed E-state index contributed by atoms with van der Waals surface area (Å²) in [5.74, 6) is -0.311. The molecule has 1 aromatic carbocycles. The second-order valence-corrected chi connectivity index (χ2v) is 6.65. The van der Waals surface area contributed by atoms with Crippen LogP contribution in [0.25, 0.3) is 0 Å². The van der Waals surface area contributed by atoms with Gasteiger partial charge in [0.2, 0.25) is 15.9 Å². The summed E-state index contributed by atoms with van der Waals surface area (Å²) in [5, 5.41) is 2.72. The Morgan fingerprint density at radius 2 is 2.10 bits per heavy atom. The van der Waals surface area contributed by atoms with E-state index < -0.39 is 10.0 Å². The third kappa shape index (κ3) is 3.71. The Bertz CT molecular complexity index is 609. The van der Waals surface area contributed by atoms with Crippen molar-refractivity contribution >= 4 is 21.6 Å². The lowest BCUT2D eigenvalue weighted by Gasteiger charge is -2.09. The fourth-order valence-corrected chi connectivity index (χ4v) is 2.83. The zero-order valence-corrected chi connectivity index (χ0v) is 12.2. The lowest BCUT2D eigenvalue weighted by atomic mass is 10.1. The lowest BCUT2D eigenvalue weighted by molar-refractivity contribution is -0.120. The highest BCUT2D eigenvalue weighted by Gasteiger charge is 2.24. The second kappa shape index (κ2) is 5.80. The molecule has 0 spiro atoms. The maximum Gasteiger partial charge on any atom is 0.241 e. The van der Waals surface area contributed by atoms with Gasteiger partial charge in [0.15, 0.2) is 0 Å². The molecular formula is C13H19N3O3S. The molecule has 110 valence electrons. The van der Waals surface area contributed by atoms with Crippen LogP contribution in [0.2, 0.25) is 0 Å². The molecule has 0 unspecified atom stereocenters. The largest absolute Gasteiger partial charge is 0.398 e. The molecule has 4 N–H and O–H groups in total. The summed E-state index contributed by atoms with van der Waals surface area (Å²) in [6.45, 7) is 1.69. The van der Waals surface area contributed by atoms with Crippen molar-refractivity contribution in [2.45, 2.75) is 37.1 Å². The minimum Gasteiger partial charge on any atom is -0.398 e. The van der Waals surface area contributed by atoms with E-state index >= 15 is 0 Å². The molecule has 2 rings (SSSR count). The maximum atomic E-state index is 12.0. The Morgan fingerprint density at radius 3 is 2.65 bits per heavy atom. The van der Waals surface area contributed by atoms with Gasteiger partial charge in [0.05, 0.1) is 11.4 Å². The molecule has 0 aromatic heterocycles. The molecular weight excluding hydrogens is 278 g/mol. The van der Waals surface area contributed by atoms with Crippen molar-refractivity contribution in [3.63, 3.8) is 0 Å². The van der Waals surface area contributed by atoms with Crippen molar-refractivity contribution < 1.29 is 13.2 Å². The number of hydrogen-bond donors (Lipinski definition) is 3. The first kappa shape index (κ1) is 14.8. The summed E-state index contributed by atoms with van der Waals surface area (Å²) in [6.07, 6.45) is 2.67. The topological polar surface area (TPSA) is 101 Å². The van der Waals surface area contributed by atoms with Crippen LogP contribution in [0, 0.1) is 0 Å². The van der Waals surface area contributed by atoms with Gasteiger partial charge in [-0.1, -0.05) is 13.0 Å². The van der Waals surface area contributed by atoms with Crippen molar-refractivity contribution in [1.29, 1.82) is 0 Å². The zero-order valence-electron chi connectivity index (χ0n) is 11.3. The summed E-state index contributed by atoms with van der Waals surface area (Å²) < 4.78 is 26.4. The van der Waals surface area contributed by atoms with Gasteiger partial charge < -0.3 is 11.1 Å². The van der Waals surface area contributed by atoms with E-state index in [-0.39, 0.29) is 23.4 Å². The number of carbonyl (C=O) groups excluding carboxylic acids is 1. The quantitative estimate of drug-likeness (QED) is 0.661. The van der Waals surface area contributed by atoms with Crippen molar-refractivity contribution in [1.82, 2.24) is 10.0 Å². The standard InChI is InChI=1S/C13H19N3O3S/c1-2-9-3-6-11(7-12(9)14)20(18,19)15-8-13(17)16-10-4-5-10/h3,6-7,10,15H,2,4-5,8,14H2,1H3,(H,16,17). The van der Waals surface area contributed by atoms with E-state index in [0.717, 1.165) is 24.8 Å². The third-order valence-electron chi connectivity index (χ3n) is 3.17. The highest BCUT2D eigenvalue weighted by atomic mass is 32.2. The van der Waals surface area contributed by atoms with Crippen molar-refractivity contribution in [2.24, 2.45) is 0 Å². The molecule has 1 amide bonds. The minimum absolute atomic E-state index is 0.0754. The van der Waals surface area contributed by atoms with Gasteiger partial charge in [0.25, 0.3) is 0 Å². The van der Waals surface area contributed by atoms with Crippen LogP contribution in [0.4, 0.5) is 5.69 Å². The molecule has 0 atom stereocenters. The maximum absolute atomic E-state index is 12.0. The number of nitrogen functional groups attached to an aromatic ring is 1. The highest BCUT2D eigenvalue weighted by molar-refractivity contribution is 7.89. The van der Waals surface area contributed by atoms with E-state index in [4.69, 9.17) is 5.73 Å². The van der Waals surface area contributed by atoms with Crippen molar-refractivity contribution in [3.05, 3.63) is 23.8 Å². The first-order valence-electron chi connectivity index (χ1n) is 6.60. The molecule has 1 aromatic rings. The molecule has 1 aliphatic carbocycles. The Balaban J connectivity index is 2.01. The minimum atomic E-state index is -3.71. The second-order valence-electron chi connectivity index (χ2n) is 4.88. The monoisotopic (exact) mass is 297 g/mol.